The zero-order chi connectivity index (χ0) is 15.4. The Bertz CT molecular complexity index is 647. The third-order valence-corrected chi connectivity index (χ3v) is 4.08. The Hall–Kier alpha value is -2.36. The van der Waals surface area contributed by atoms with Crippen molar-refractivity contribution in [2.24, 2.45) is 0 Å². The van der Waals surface area contributed by atoms with Gasteiger partial charge < -0.3 is 10.2 Å². The normalized spacial score (nSPS) is 13.3. The first kappa shape index (κ1) is 14.6. The van der Waals surface area contributed by atoms with Crippen LogP contribution < -0.4 is 10.2 Å². The Labute approximate surface area is 131 Å². The van der Waals surface area contributed by atoms with Gasteiger partial charge in [-0.25, -0.2) is 4.98 Å². The highest BCUT2D eigenvalue weighted by molar-refractivity contribution is 5.69. The van der Waals surface area contributed by atoms with Gasteiger partial charge in [-0.3, -0.25) is 0 Å². The first-order valence-corrected chi connectivity index (χ1v) is 7.94. The van der Waals surface area contributed by atoms with Gasteiger partial charge in [-0.05, 0) is 25.0 Å². The summed E-state index contributed by atoms with van der Waals surface area (Å²) in [5, 5.41) is 3.28. The van der Waals surface area contributed by atoms with Crippen LogP contribution in [-0.2, 0) is 0 Å². The van der Waals surface area contributed by atoms with Crippen LogP contribution in [0.5, 0.6) is 0 Å². The zero-order valence-corrected chi connectivity index (χ0v) is 13.2. The number of hydrogen-bond acceptors (Lipinski definition) is 4. The third kappa shape index (κ3) is 2.96. The van der Waals surface area contributed by atoms with E-state index in [1.54, 1.807) is 0 Å². The van der Waals surface area contributed by atoms with Crippen LogP contribution in [0.25, 0.3) is 6.08 Å². The van der Waals surface area contributed by atoms with E-state index in [4.69, 9.17) is 4.98 Å². The maximum absolute atomic E-state index is 4.76. The van der Waals surface area contributed by atoms with Crippen LogP contribution in [-0.4, -0.2) is 22.6 Å². The fraction of sp³-hybridized carbons (Fsp3) is 0.333. The molecule has 0 amide bonds. The Balaban J connectivity index is 1.90. The molecule has 0 atom stereocenters. The summed E-state index contributed by atoms with van der Waals surface area (Å²) >= 11 is 0. The molecule has 4 heteroatoms. The van der Waals surface area contributed by atoms with Gasteiger partial charge in [0.2, 0.25) is 5.95 Å². The molecule has 2 aromatic rings. The topological polar surface area (TPSA) is 41.1 Å². The highest BCUT2D eigenvalue weighted by Gasteiger charge is 2.21. The molecular formula is C18H22N4. The standard InChI is InChI=1S/C18H22N4/c1-3-16(4-2)22-12-8-9-14-13-19-18(21-17(14)22)20-15-10-6-5-7-11-15/h5-11,13,16H,3-4,12H2,1-2H3,(H,19,20,21). The molecule has 0 unspecified atom stereocenters. The number of hydrogen-bond donors (Lipinski definition) is 1. The lowest BCUT2D eigenvalue weighted by Crippen LogP contribution is -2.37. The van der Waals surface area contributed by atoms with Crippen LogP contribution >= 0.6 is 0 Å². The largest absolute Gasteiger partial charge is 0.349 e. The molecule has 1 aromatic heterocycles. The van der Waals surface area contributed by atoms with Gasteiger partial charge in [-0.2, -0.15) is 4.98 Å². The van der Waals surface area contributed by atoms with Crippen molar-refractivity contribution in [2.45, 2.75) is 32.7 Å². The molecule has 0 saturated heterocycles. The van der Waals surface area contributed by atoms with E-state index in [-0.39, 0.29) is 0 Å². The van der Waals surface area contributed by atoms with E-state index in [2.05, 4.69) is 41.2 Å². The minimum Gasteiger partial charge on any atom is -0.349 e. The predicted octanol–water partition coefficient (Wildman–Crippen LogP) is 4.24. The molecule has 0 saturated carbocycles. The molecule has 0 radical (unpaired) electrons. The molecule has 1 aliphatic heterocycles. The molecule has 1 aromatic carbocycles. The molecule has 114 valence electrons. The van der Waals surface area contributed by atoms with Gasteiger partial charge in [0.05, 0.1) is 0 Å². The van der Waals surface area contributed by atoms with Gasteiger partial charge in [-0.1, -0.05) is 44.2 Å². The lowest BCUT2D eigenvalue weighted by Gasteiger charge is -2.33. The highest BCUT2D eigenvalue weighted by atomic mass is 15.2. The van der Waals surface area contributed by atoms with Crippen LogP contribution in [0.1, 0.15) is 32.3 Å². The minimum absolute atomic E-state index is 0.517. The molecule has 2 heterocycles. The average Bonchev–Trinajstić information content (AvgIpc) is 2.57. The summed E-state index contributed by atoms with van der Waals surface area (Å²) in [4.78, 5) is 11.6. The molecule has 1 N–H and O–H groups in total. The zero-order valence-electron chi connectivity index (χ0n) is 13.2. The molecule has 1 aliphatic rings. The maximum atomic E-state index is 4.76. The van der Waals surface area contributed by atoms with Gasteiger partial charge in [-0.15, -0.1) is 0 Å². The summed E-state index contributed by atoms with van der Waals surface area (Å²) in [7, 11) is 0. The lowest BCUT2D eigenvalue weighted by atomic mass is 10.1. The molecular weight excluding hydrogens is 272 g/mol. The van der Waals surface area contributed by atoms with Crippen LogP contribution in [0.3, 0.4) is 0 Å². The molecule has 0 bridgehead atoms. The number of nitrogens with zero attached hydrogens (tertiary/aromatic N) is 3. The second kappa shape index (κ2) is 6.60. The molecule has 22 heavy (non-hydrogen) atoms. The predicted molar refractivity (Wildman–Crippen MR) is 92.5 cm³/mol. The first-order chi connectivity index (χ1) is 10.8. The SMILES string of the molecule is CCC(CC)N1CC=Cc2cnc(Nc3ccccc3)nc21. The summed E-state index contributed by atoms with van der Waals surface area (Å²) in [6.45, 7) is 5.38. The van der Waals surface area contributed by atoms with E-state index < -0.39 is 0 Å². The Morgan fingerprint density at radius 2 is 1.95 bits per heavy atom. The second-order valence-corrected chi connectivity index (χ2v) is 5.49. The maximum Gasteiger partial charge on any atom is 0.229 e. The summed E-state index contributed by atoms with van der Waals surface area (Å²) < 4.78 is 0. The average molecular weight is 294 g/mol. The number of para-hydroxylation sites is 1. The summed E-state index contributed by atoms with van der Waals surface area (Å²) in [5.41, 5.74) is 2.10. The smallest absolute Gasteiger partial charge is 0.229 e. The number of benzene rings is 1. The van der Waals surface area contributed by atoms with Crippen LogP contribution in [0, 0.1) is 0 Å². The van der Waals surface area contributed by atoms with Crippen molar-refractivity contribution >= 4 is 23.5 Å². The molecule has 0 aliphatic carbocycles. The van der Waals surface area contributed by atoms with Gasteiger partial charge in [0.25, 0.3) is 0 Å². The Morgan fingerprint density at radius 3 is 2.68 bits per heavy atom. The van der Waals surface area contributed by atoms with Crippen molar-refractivity contribution < 1.29 is 0 Å². The van der Waals surface area contributed by atoms with Crippen molar-refractivity contribution in [3.63, 3.8) is 0 Å². The summed E-state index contributed by atoms with van der Waals surface area (Å²) in [6.07, 6.45) is 8.44. The third-order valence-electron chi connectivity index (χ3n) is 4.08. The van der Waals surface area contributed by atoms with Gasteiger partial charge in [0.15, 0.2) is 0 Å². The fourth-order valence-electron chi connectivity index (χ4n) is 2.87. The Morgan fingerprint density at radius 1 is 1.18 bits per heavy atom. The van der Waals surface area contributed by atoms with E-state index in [0.29, 0.717) is 12.0 Å². The van der Waals surface area contributed by atoms with E-state index in [1.165, 1.54) is 0 Å². The van der Waals surface area contributed by atoms with E-state index >= 15 is 0 Å². The minimum atomic E-state index is 0.517. The molecule has 4 nitrogen and oxygen atoms in total. The summed E-state index contributed by atoms with van der Waals surface area (Å²) in [6, 6.07) is 10.5. The molecule has 0 fully saturated rings. The Kier molecular flexibility index (Phi) is 4.37. The summed E-state index contributed by atoms with van der Waals surface area (Å²) in [5.74, 6) is 1.68. The van der Waals surface area contributed by atoms with Gasteiger partial charge in [0.1, 0.15) is 5.82 Å². The highest BCUT2D eigenvalue weighted by Crippen LogP contribution is 2.28. The van der Waals surface area contributed by atoms with Crippen molar-refractivity contribution in [1.82, 2.24) is 9.97 Å². The van der Waals surface area contributed by atoms with Crippen molar-refractivity contribution in [1.29, 1.82) is 0 Å². The van der Waals surface area contributed by atoms with E-state index in [0.717, 1.165) is 36.5 Å². The monoisotopic (exact) mass is 294 g/mol. The number of aromatic nitrogens is 2. The van der Waals surface area contributed by atoms with Crippen molar-refractivity contribution in [3.8, 4) is 0 Å². The second-order valence-electron chi connectivity index (χ2n) is 5.49. The fourth-order valence-corrected chi connectivity index (χ4v) is 2.87. The van der Waals surface area contributed by atoms with Crippen molar-refractivity contribution in [2.75, 3.05) is 16.8 Å². The van der Waals surface area contributed by atoms with Gasteiger partial charge in [0, 0.05) is 30.0 Å². The van der Waals surface area contributed by atoms with E-state index in [1.807, 2.05) is 36.5 Å². The molecule has 0 spiro atoms. The van der Waals surface area contributed by atoms with Crippen LogP contribution in [0.15, 0.2) is 42.6 Å². The number of fused-ring (bicyclic) bond motifs is 1. The number of nitrogens with one attached hydrogen (secondary N) is 1. The quantitative estimate of drug-likeness (QED) is 0.895. The number of anilines is 3. The molecule has 3 rings (SSSR count). The first-order valence-electron chi connectivity index (χ1n) is 7.94. The number of rotatable bonds is 5. The van der Waals surface area contributed by atoms with Crippen molar-refractivity contribution in [3.05, 3.63) is 48.2 Å². The van der Waals surface area contributed by atoms with E-state index in [9.17, 15) is 0 Å². The lowest BCUT2D eigenvalue weighted by molar-refractivity contribution is 0.569. The van der Waals surface area contributed by atoms with Crippen LogP contribution in [0.2, 0.25) is 0 Å². The van der Waals surface area contributed by atoms with Gasteiger partial charge >= 0.3 is 0 Å². The van der Waals surface area contributed by atoms with Crippen LogP contribution in [0.4, 0.5) is 17.5 Å².